The van der Waals surface area contributed by atoms with Crippen molar-refractivity contribution in [3.63, 3.8) is 0 Å². The molecule has 2 rings (SSSR count). The van der Waals surface area contributed by atoms with Gasteiger partial charge in [-0.1, -0.05) is 6.07 Å². The number of carbonyl (C=O) groups is 1. The molecular formula is C13H14F3NO2. The number of nitrogens with one attached hydrogen (secondary N) is 1. The fourth-order valence-electron chi connectivity index (χ4n) is 2.08. The normalized spacial score (nSPS) is 17.7. The highest BCUT2D eigenvalue weighted by atomic mass is 19.4. The summed E-state index contributed by atoms with van der Waals surface area (Å²) in [5, 5.41) is 11.8. The molecule has 1 fully saturated rings. The van der Waals surface area contributed by atoms with Crippen molar-refractivity contribution in [2.24, 2.45) is 0 Å². The predicted molar refractivity (Wildman–Crippen MR) is 62.6 cm³/mol. The van der Waals surface area contributed by atoms with Crippen molar-refractivity contribution in [1.82, 2.24) is 5.32 Å². The molecule has 0 atom stereocenters. The van der Waals surface area contributed by atoms with Crippen LogP contribution in [-0.4, -0.2) is 23.2 Å². The third-order valence-corrected chi connectivity index (χ3v) is 3.44. The number of halogens is 3. The molecule has 1 aromatic rings. The number of aliphatic hydroxyl groups excluding tert-OH is 1. The van der Waals surface area contributed by atoms with Gasteiger partial charge in [0.25, 0.3) is 5.91 Å². The maximum atomic E-state index is 12.5. The summed E-state index contributed by atoms with van der Waals surface area (Å²) in [5.41, 5.74) is -1.56. The summed E-state index contributed by atoms with van der Waals surface area (Å²) in [7, 11) is 0. The summed E-state index contributed by atoms with van der Waals surface area (Å²) in [6, 6.07) is 4.26. The number of carbonyl (C=O) groups excluding carboxylic acids is 1. The Morgan fingerprint density at radius 3 is 2.53 bits per heavy atom. The Kier molecular flexibility index (Phi) is 3.54. The molecule has 0 aliphatic heterocycles. The molecule has 6 heteroatoms. The first-order valence-electron chi connectivity index (χ1n) is 5.97. The molecule has 0 heterocycles. The van der Waals surface area contributed by atoms with E-state index in [1.165, 1.54) is 12.1 Å². The number of aliphatic hydroxyl groups is 1. The molecule has 104 valence electrons. The van der Waals surface area contributed by atoms with Crippen LogP contribution in [0.3, 0.4) is 0 Å². The molecule has 1 amide bonds. The Hall–Kier alpha value is -1.56. The third kappa shape index (κ3) is 2.89. The van der Waals surface area contributed by atoms with E-state index in [9.17, 15) is 23.1 Å². The second-order valence-corrected chi connectivity index (χ2v) is 4.82. The van der Waals surface area contributed by atoms with Crippen LogP contribution >= 0.6 is 0 Å². The van der Waals surface area contributed by atoms with E-state index >= 15 is 0 Å². The fraction of sp³-hybridized carbons (Fsp3) is 0.462. The van der Waals surface area contributed by atoms with Gasteiger partial charge in [0.05, 0.1) is 17.7 Å². The van der Waals surface area contributed by atoms with Gasteiger partial charge in [0.15, 0.2) is 0 Å². The van der Waals surface area contributed by atoms with Crippen LogP contribution in [0.5, 0.6) is 0 Å². The number of amides is 1. The fourth-order valence-corrected chi connectivity index (χ4v) is 2.08. The molecule has 0 radical (unpaired) electrons. The van der Waals surface area contributed by atoms with Crippen LogP contribution < -0.4 is 5.32 Å². The van der Waals surface area contributed by atoms with Gasteiger partial charge in [-0.2, -0.15) is 13.2 Å². The van der Waals surface area contributed by atoms with E-state index in [1.807, 2.05) is 0 Å². The summed E-state index contributed by atoms with van der Waals surface area (Å²) >= 11 is 0. The lowest BCUT2D eigenvalue weighted by Gasteiger charge is -2.40. The zero-order valence-electron chi connectivity index (χ0n) is 10.1. The second-order valence-electron chi connectivity index (χ2n) is 4.82. The minimum atomic E-state index is -4.47. The smallest absolute Gasteiger partial charge is 0.394 e. The lowest BCUT2D eigenvalue weighted by molar-refractivity contribution is -0.137. The molecule has 1 aromatic carbocycles. The third-order valence-electron chi connectivity index (χ3n) is 3.44. The maximum Gasteiger partial charge on any atom is 0.416 e. The first kappa shape index (κ1) is 13.9. The molecular weight excluding hydrogens is 259 g/mol. The molecule has 1 aliphatic carbocycles. The van der Waals surface area contributed by atoms with Crippen LogP contribution in [0.25, 0.3) is 0 Å². The van der Waals surface area contributed by atoms with Crippen molar-refractivity contribution in [3.8, 4) is 0 Å². The molecule has 0 bridgehead atoms. The van der Waals surface area contributed by atoms with Crippen LogP contribution in [0.2, 0.25) is 0 Å². The number of hydrogen-bond acceptors (Lipinski definition) is 2. The van der Waals surface area contributed by atoms with Crippen LogP contribution in [0.1, 0.15) is 35.2 Å². The number of hydrogen-bond donors (Lipinski definition) is 2. The lowest BCUT2D eigenvalue weighted by Crippen LogP contribution is -2.56. The van der Waals surface area contributed by atoms with E-state index in [0.717, 1.165) is 18.6 Å². The first-order chi connectivity index (χ1) is 8.86. The quantitative estimate of drug-likeness (QED) is 0.888. The van der Waals surface area contributed by atoms with Gasteiger partial charge in [0, 0.05) is 5.56 Å². The molecule has 0 saturated heterocycles. The highest BCUT2D eigenvalue weighted by Gasteiger charge is 2.38. The number of benzene rings is 1. The predicted octanol–water partition coefficient (Wildman–Crippen LogP) is 2.35. The van der Waals surface area contributed by atoms with Crippen molar-refractivity contribution in [2.45, 2.75) is 31.0 Å². The molecule has 1 aliphatic rings. The van der Waals surface area contributed by atoms with Crippen molar-refractivity contribution >= 4 is 5.91 Å². The topological polar surface area (TPSA) is 49.3 Å². The van der Waals surface area contributed by atoms with Crippen molar-refractivity contribution in [3.05, 3.63) is 35.4 Å². The zero-order chi connectivity index (χ0) is 14.1. The summed E-state index contributed by atoms with van der Waals surface area (Å²) < 4.78 is 37.6. The number of alkyl halides is 3. The molecule has 0 spiro atoms. The van der Waals surface area contributed by atoms with Gasteiger partial charge in [0.1, 0.15) is 0 Å². The Morgan fingerprint density at radius 2 is 2.05 bits per heavy atom. The molecule has 1 saturated carbocycles. The monoisotopic (exact) mass is 273 g/mol. The summed E-state index contributed by atoms with van der Waals surface area (Å²) in [4.78, 5) is 11.9. The Morgan fingerprint density at radius 1 is 1.37 bits per heavy atom. The van der Waals surface area contributed by atoms with Gasteiger partial charge < -0.3 is 10.4 Å². The van der Waals surface area contributed by atoms with Gasteiger partial charge in [-0.15, -0.1) is 0 Å². The molecule has 19 heavy (non-hydrogen) atoms. The van der Waals surface area contributed by atoms with E-state index in [1.54, 1.807) is 0 Å². The highest BCUT2D eigenvalue weighted by molar-refractivity contribution is 5.95. The van der Waals surface area contributed by atoms with E-state index in [2.05, 4.69) is 5.32 Å². The van der Waals surface area contributed by atoms with Gasteiger partial charge in [-0.3, -0.25) is 4.79 Å². The van der Waals surface area contributed by atoms with E-state index < -0.39 is 23.2 Å². The molecule has 0 aromatic heterocycles. The highest BCUT2D eigenvalue weighted by Crippen LogP contribution is 2.32. The summed E-state index contributed by atoms with van der Waals surface area (Å²) in [6.45, 7) is -0.197. The zero-order valence-corrected chi connectivity index (χ0v) is 10.1. The SMILES string of the molecule is O=C(NC1(CO)CCC1)c1cccc(C(F)(F)F)c1. The van der Waals surface area contributed by atoms with Crippen molar-refractivity contribution in [1.29, 1.82) is 0 Å². The van der Waals surface area contributed by atoms with Crippen LogP contribution in [0.4, 0.5) is 13.2 Å². The maximum absolute atomic E-state index is 12.5. The van der Waals surface area contributed by atoms with Gasteiger partial charge in [0.2, 0.25) is 0 Å². The average molecular weight is 273 g/mol. The van der Waals surface area contributed by atoms with E-state index in [0.29, 0.717) is 12.8 Å². The minimum absolute atomic E-state index is 0.0467. The lowest BCUT2D eigenvalue weighted by atomic mass is 9.77. The first-order valence-corrected chi connectivity index (χ1v) is 5.97. The molecule has 3 nitrogen and oxygen atoms in total. The number of rotatable bonds is 3. The average Bonchev–Trinajstić information content (AvgIpc) is 2.32. The minimum Gasteiger partial charge on any atom is -0.394 e. The van der Waals surface area contributed by atoms with Gasteiger partial charge in [-0.05, 0) is 37.5 Å². The Bertz CT molecular complexity index is 476. The van der Waals surface area contributed by atoms with E-state index in [4.69, 9.17) is 0 Å². The van der Waals surface area contributed by atoms with Crippen LogP contribution in [0, 0.1) is 0 Å². The van der Waals surface area contributed by atoms with Crippen LogP contribution in [0.15, 0.2) is 24.3 Å². The van der Waals surface area contributed by atoms with E-state index in [-0.39, 0.29) is 12.2 Å². The van der Waals surface area contributed by atoms with Gasteiger partial charge in [-0.25, -0.2) is 0 Å². The largest absolute Gasteiger partial charge is 0.416 e. The summed E-state index contributed by atoms with van der Waals surface area (Å²) in [6.07, 6.45) is -2.28. The molecule has 0 unspecified atom stereocenters. The Labute approximate surface area is 108 Å². The standard InChI is InChI=1S/C13H14F3NO2/c14-13(15,16)10-4-1-3-9(7-10)11(19)17-12(8-18)5-2-6-12/h1,3-4,7,18H,2,5-6,8H2,(H,17,19). The van der Waals surface area contributed by atoms with Crippen molar-refractivity contribution in [2.75, 3.05) is 6.61 Å². The Balaban J connectivity index is 2.15. The van der Waals surface area contributed by atoms with Crippen molar-refractivity contribution < 1.29 is 23.1 Å². The second kappa shape index (κ2) is 4.85. The summed E-state index contributed by atoms with van der Waals surface area (Å²) in [5.74, 6) is -0.583. The van der Waals surface area contributed by atoms with Gasteiger partial charge >= 0.3 is 6.18 Å². The van der Waals surface area contributed by atoms with Crippen LogP contribution in [-0.2, 0) is 6.18 Å². The molecule has 2 N–H and O–H groups in total.